The molecule has 0 aromatic heterocycles. The summed E-state index contributed by atoms with van der Waals surface area (Å²) in [6, 6.07) is 2.83. The van der Waals surface area contributed by atoms with Crippen LogP contribution in [0.15, 0.2) is 36.4 Å². The molecule has 2 aromatic rings. The van der Waals surface area contributed by atoms with E-state index in [9.17, 15) is 45.4 Å². The van der Waals surface area contributed by atoms with Gasteiger partial charge in [0, 0.05) is 32.6 Å². The molecule has 6 nitrogen and oxygen atoms in total. The number of carbonyl (C=O) groups is 2. The highest BCUT2D eigenvalue weighted by Gasteiger charge is 2.48. The predicted octanol–water partition coefficient (Wildman–Crippen LogP) is 6.19. The monoisotopic (exact) mass is 603 g/mol. The van der Waals surface area contributed by atoms with E-state index >= 15 is 0 Å². The lowest BCUT2D eigenvalue weighted by Gasteiger charge is -2.45. The van der Waals surface area contributed by atoms with E-state index in [4.69, 9.17) is 0 Å². The van der Waals surface area contributed by atoms with Gasteiger partial charge in [-0.2, -0.15) is 26.3 Å². The zero-order valence-electron chi connectivity index (χ0n) is 23.4. The van der Waals surface area contributed by atoms with E-state index in [1.54, 1.807) is 6.92 Å². The third-order valence-corrected chi connectivity index (χ3v) is 8.46. The van der Waals surface area contributed by atoms with Gasteiger partial charge in [-0.25, -0.2) is 9.18 Å². The third kappa shape index (κ3) is 6.06. The highest BCUT2D eigenvalue weighted by atomic mass is 19.4. The van der Waals surface area contributed by atoms with Crippen molar-refractivity contribution < 1.29 is 45.4 Å². The number of urea groups is 1. The minimum atomic E-state index is -5.11. The van der Waals surface area contributed by atoms with Crippen molar-refractivity contribution in [3.05, 3.63) is 70.0 Å². The highest BCUT2D eigenvalue weighted by molar-refractivity contribution is 5.80. The summed E-state index contributed by atoms with van der Waals surface area (Å²) in [6.07, 6.45) is -10.9. The number of benzene rings is 2. The predicted molar refractivity (Wildman–Crippen MR) is 138 cm³/mol. The van der Waals surface area contributed by atoms with Crippen molar-refractivity contribution in [2.75, 3.05) is 26.7 Å². The molecule has 0 bridgehead atoms. The number of aliphatic hydroxyl groups is 1. The number of hydrogen-bond acceptors (Lipinski definition) is 3. The molecule has 0 aliphatic carbocycles. The Labute approximate surface area is 238 Å². The number of hydrogen-bond donors (Lipinski definition) is 1. The molecule has 3 amide bonds. The molecule has 2 heterocycles. The number of amides is 3. The van der Waals surface area contributed by atoms with Gasteiger partial charge >= 0.3 is 18.4 Å². The number of aliphatic hydroxyl groups excluding tert-OH is 1. The van der Waals surface area contributed by atoms with Crippen LogP contribution in [0.4, 0.5) is 35.5 Å². The second-order valence-corrected chi connectivity index (χ2v) is 11.1. The average molecular weight is 604 g/mol. The van der Waals surface area contributed by atoms with Gasteiger partial charge in [-0.15, -0.1) is 0 Å². The summed E-state index contributed by atoms with van der Waals surface area (Å²) in [7, 11) is 1.28. The fourth-order valence-electron chi connectivity index (χ4n) is 6.18. The first-order valence-corrected chi connectivity index (χ1v) is 13.5. The summed E-state index contributed by atoms with van der Waals surface area (Å²) >= 11 is 0. The maximum atomic E-state index is 14.0. The zero-order valence-corrected chi connectivity index (χ0v) is 23.4. The third-order valence-electron chi connectivity index (χ3n) is 8.46. The molecule has 0 saturated carbocycles. The van der Waals surface area contributed by atoms with Crippen molar-refractivity contribution in [2.24, 2.45) is 11.8 Å². The number of nitrogens with zero attached hydrogens (tertiary/aromatic N) is 3. The van der Waals surface area contributed by atoms with Crippen LogP contribution in [-0.4, -0.2) is 64.5 Å². The van der Waals surface area contributed by atoms with E-state index in [0.29, 0.717) is 30.2 Å². The Kier molecular flexibility index (Phi) is 8.56. The fraction of sp³-hybridized carbons (Fsp3) is 0.517. The minimum Gasteiger partial charge on any atom is -0.384 e. The van der Waals surface area contributed by atoms with Gasteiger partial charge in [0.25, 0.3) is 5.91 Å². The van der Waals surface area contributed by atoms with Gasteiger partial charge in [-0.3, -0.25) is 4.79 Å². The molecule has 1 N–H and O–H groups in total. The highest BCUT2D eigenvalue weighted by Crippen LogP contribution is 2.46. The Morgan fingerprint density at radius 2 is 1.67 bits per heavy atom. The number of halogens is 7. The molecule has 2 aliphatic rings. The van der Waals surface area contributed by atoms with E-state index in [1.807, 2.05) is 0 Å². The molecule has 42 heavy (non-hydrogen) atoms. The quantitative estimate of drug-likeness (QED) is 0.425. The molecule has 5 atom stereocenters. The van der Waals surface area contributed by atoms with E-state index in [1.165, 1.54) is 48.9 Å². The first-order chi connectivity index (χ1) is 19.4. The first kappa shape index (κ1) is 31.6. The maximum absolute atomic E-state index is 14.0. The van der Waals surface area contributed by atoms with Gasteiger partial charge < -0.3 is 19.8 Å². The normalized spacial score (nSPS) is 22.5. The molecule has 2 aliphatic heterocycles. The largest absolute Gasteiger partial charge is 0.416 e. The number of likely N-dealkylation sites (tertiary alicyclic amines) is 2. The topological polar surface area (TPSA) is 64.1 Å². The summed E-state index contributed by atoms with van der Waals surface area (Å²) in [6.45, 7) is 5.06. The number of rotatable bonds is 4. The van der Waals surface area contributed by atoms with Gasteiger partial charge in [0.05, 0.1) is 23.2 Å². The number of carbonyl (C=O) groups excluding carboxylic acids is 2. The Bertz CT molecular complexity index is 1340. The van der Waals surface area contributed by atoms with Crippen LogP contribution in [0, 0.1) is 24.6 Å². The van der Waals surface area contributed by atoms with Crippen LogP contribution in [0.5, 0.6) is 0 Å². The molecule has 4 rings (SSSR count). The maximum Gasteiger partial charge on any atom is 0.416 e. The summed E-state index contributed by atoms with van der Waals surface area (Å²) in [5.41, 5.74) is -2.29. The van der Waals surface area contributed by atoms with E-state index in [0.717, 1.165) is 11.0 Å². The van der Waals surface area contributed by atoms with Gasteiger partial charge in [0.15, 0.2) is 0 Å². The van der Waals surface area contributed by atoms with E-state index < -0.39 is 65.0 Å². The van der Waals surface area contributed by atoms with Gasteiger partial charge in [0.1, 0.15) is 11.9 Å². The molecule has 2 saturated heterocycles. The van der Waals surface area contributed by atoms with Crippen LogP contribution < -0.4 is 0 Å². The first-order valence-electron chi connectivity index (χ1n) is 13.5. The molecular weight excluding hydrogens is 571 g/mol. The van der Waals surface area contributed by atoms with Crippen LogP contribution in [-0.2, 0) is 17.1 Å². The standard InChI is InChI=1S/C29H32F7N3O3/c1-15-11-20(30)6-8-21(15)25-23-14-38(26(41)17(3)40)13-18(23)9-10-39(25)27(42)37(4)16(2)22-7-5-19(28(31,32)33)12-24(22)29(34,35)36/h5-8,11-12,16-18,23,25,40H,9-10,13-14H2,1-4H3/t16?,17-,18?,23-,25+/m1/s1. The van der Waals surface area contributed by atoms with Crippen LogP contribution in [0.25, 0.3) is 0 Å². The second-order valence-electron chi connectivity index (χ2n) is 11.1. The molecule has 0 radical (unpaired) electrons. The van der Waals surface area contributed by atoms with Gasteiger partial charge in [-0.1, -0.05) is 12.1 Å². The van der Waals surface area contributed by atoms with Crippen LogP contribution >= 0.6 is 0 Å². The second kappa shape index (κ2) is 11.4. The lowest BCUT2D eigenvalue weighted by molar-refractivity contribution is -0.143. The van der Waals surface area contributed by atoms with Crippen molar-refractivity contribution in [2.45, 2.75) is 57.7 Å². The van der Waals surface area contributed by atoms with Crippen molar-refractivity contribution >= 4 is 11.9 Å². The Morgan fingerprint density at radius 3 is 2.24 bits per heavy atom. The lowest BCUT2D eigenvalue weighted by atomic mass is 9.78. The molecule has 2 unspecified atom stereocenters. The fourth-order valence-corrected chi connectivity index (χ4v) is 6.18. The molecule has 230 valence electrons. The average Bonchev–Trinajstić information content (AvgIpc) is 3.34. The number of alkyl halides is 6. The summed E-state index contributed by atoms with van der Waals surface area (Å²) < 4.78 is 95.3. The summed E-state index contributed by atoms with van der Waals surface area (Å²) in [4.78, 5) is 30.6. The molecule has 0 spiro atoms. The van der Waals surface area contributed by atoms with Crippen molar-refractivity contribution in [1.82, 2.24) is 14.7 Å². The Balaban J connectivity index is 1.71. The van der Waals surface area contributed by atoms with Crippen LogP contribution in [0.3, 0.4) is 0 Å². The summed E-state index contributed by atoms with van der Waals surface area (Å²) in [5.74, 6) is -1.33. The van der Waals surface area contributed by atoms with Crippen LogP contribution in [0.2, 0.25) is 0 Å². The summed E-state index contributed by atoms with van der Waals surface area (Å²) in [5, 5.41) is 9.85. The van der Waals surface area contributed by atoms with Gasteiger partial charge in [-0.05, 0) is 74.1 Å². The molecular formula is C29H32F7N3O3. The minimum absolute atomic E-state index is 0.0482. The van der Waals surface area contributed by atoms with E-state index in [2.05, 4.69) is 0 Å². The number of fused-ring (bicyclic) bond motifs is 1. The van der Waals surface area contributed by atoms with E-state index in [-0.39, 0.29) is 31.0 Å². The number of piperidine rings is 1. The van der Waals surface area contributed by atoms with Crippen molar-refractivity contribution in [3.8, 4) is 0 Å². The Hall–Kier alpha value is -3.35. The Morgan fingerprint density at radius 1 is 1.00 bits per heavy atom. The smallest absolute Gasteiger partial charge is 0.384 e. The SMILES string of the molecule is Cc1cc(F)ccc1[C@H]1[C@@H]2CN(C(=O)[C@@H](C)O)CC2CCN1C(=O)N(C)C(C)c1ccc(C(F)(F)F)cc1C(F)(F)F. The zero-order chi connectivity index (χ0) is 31.3. The van der Waals surface area contributed by atoms with Gasteiger partial charge in [0.2, 0.25) is 0 Å². The van der Waals surface area contributed by atoms with Crippen molar-refractivity contribution in [3.63, 3.8) is 0 Å². The molecule has 13 heteroatoms. The van der Waals surface area contributed by atoms with Crippen molar-refractivity contribution in [1.29, 1.82) is 0 Å². The number of aryl methyl sites for hydroxylation is 1. The lowest BCUT2D eigenvalue weighted by Crippen LogP contribution is -2.51. The molecule has 2 aromatic carbocycles. The molecule has 2 fully saturated rings. The van der Waals surface area contributed by atoms with Crippen LogP contribution in [0.1, 0.15) is 60.2 Å².